The molecule has 3 rings (SSSR count). The van der Waals surface area contributed by atoms with Gasteiger partial charge in [0.2, 0.25) is 5.82 Å². The average molecular weight is 360 g/mol. The Balaban J connectivity index is 2.03. The zero-order valence-corrected chi connectivity index (χ0v) is 14.1. The zero-order chi connectivity index (χ0) is 18.4. The van der Waals surface area contributed by atoms with Crippen molar-refractivity contribution < 1.29 is 31.8 Å². The van der Waals surface area contributed by atoms with Crippen molar-refractivity contribution >= 4 is 5.97 Å². The fourth-order valence-electron chi connectivity index (χ4n) is 4.25. The number of ether oxygens (including phenoxy) is 2. The van der Waals surface area contributed by atoms with Crippen molar-refractivity contribution in [1.29, 1.82) is 0 Å². The van der Waals surface area contributed by atoms with Gasteiger partial charge in [0.25, 0.3) is 5.92 Å². The second-order valence-electron chi connectivity index (χ2n) is 6.84. The highest BCUT2D eigenvalue weighted by atomic mass is 19.3. The normalized spacial score (nSPS) is 30.2. The SMILES string of the molecule is CCOC(=O)[C@@H]1C[C@@]2(CCC2(F)F)C[C@H]1c1ccc(F)c(F)c1OC. The third-order valence-corrected chi connectivity index (χ3v) is 5.67. The molecule has 0 N–H and O–H groups in total. The first-order valence-electron chi connectivity index (χ1n) is 8.32. The molecule has 1 spiro atoms. The summed E-state index contributed by atoms with van der Waals surface area (Å²) in [5.41, 5.74) is -1.05. The number of alkyl halides is 2. The van der Waals surface area contributed by atoms with Gasteiger partial charge >= 0.3 is 5.97 Å². The average Bonchev–Trinajstić information content (AvgIpc) is 3.00. The lowest BCUT2D eigenvalue weighted by atomic mass is 9.63. The van der Waals surface area contributed by atoms with Crippen LogP contribution < -0.4 is 4.74 Å². The predicted molar refractivity (Wildman–Crippen MR) is 81.6 cm³/mol. The van der Waals surface area contributed by atoms with Gasteiger partial charge in [0.1, 0.15) is 0 Å². The molecule has 0 radical (unpaired) electrons. The van der Waals surface area contributed by atoms with Crippen molar-refractivity contribution in [2.24, 2.45) is 11.3 Å². The quantitative estimate of drug-likeness (QED) is 0.588. The van der Waals surface area contributed by atoms with E-state index >= 15 is 0 Å². The number of halogens is 4. The van der Waals surface area contributed by atoms with E-state index in [1.54, 1.807) is 6.92 Å². The second kappa shape index (κ2) is 6.18. The Bertz CT molecular complexity index is 691. The molecule has 2 aliphatic rings. The van der Waals surface area contributed by atoms with Crippen LogP contribution in [0.25, 0.3) is 0 Å². The van der Waals surface area contributed by atoms with Gasteiger partial charge in [-0.15, -0.1) is 0 Å². The first kappa shape index (κ1) is 18.0. The number of esters is 1. The molecule has 2 aliphatic carbocycles. The minimum absolute atomic E-state index is 0.0188. The molecule has 7 heteroatoms. The number of carbonyl (C=O) groups is 1. The van der Waals surface area contributed by atoms with Gasteiger partial charge in [0, 0.05) is 23.3 Å². The predicted octanol–water partition coefficient (Wildman–Crippen LogP) is 4.45. The molecular formula is C18H20F4O3. The minimum Gasteiger partial charge on any atom is -0.493 e. The van der Waals surface area contributed by atoms with Crippen molar-refractivity contribution in [3.63, 3.8) is 0 Å². The van der Waals surface area contributed by atoms with Gasteiger partial charge in [0.05, 0.1) is 19.6 Å². The summed E-state index contributed by atoms with van der Waals surface area (Å²) in [6, 6.07) is 2.24. The van der Waals surface area contributed by atoms with E-state index < -0.39 is 40.8 Å². The summed E-state index contributed by atoms with van der Waals surface area (Å²) in [6.45, 7) is 1.76. The Morgan fingerprint density at radius 2 is 1.96 bits per heavy atom. The van der Waals surface area contributed by atoms with Crippen molar-refractivity contribution in [2.75, 3.05) is 13.7 Å². The van der Waals surface area contributed by atoms with Crippen molar-refractivity contribution in [3.8, 4) is 5.75 Å². The highest BCUT2D eigenvalue weighted by molar-refractivity contribution is 5.75. The number of hydrogen-bond acceptors (Lipinski definition) is 3. The van der Waals surface area contributed by atoms with Gasteiger partial charge in [-0.2, -0.15) is 4.39 Å². The Hall–Kier alpha value is -1.79. The Morgan fingerprint density at radius 1 is 1.24 bits per heavy atom. The maximum absolute atomic E-state index is 14.2. The van der Waals surface area contributed by atoms with Gasteiger partial charge < -0.3 is 9.47 Å². The Kier molecular flexibility index (Phi) is 4.45. The topological polar surface area (TPSA) is 35.5 Å². The third-order valence-electron chi connectivity index (χ3n) is 5.67. The summed E-state index contributed by atoms with van der Waals surface area (Å²) >= 11 is 0. The van der Waals surface area contributed by atoms with E-state index in [9.17, 15) is 22.4 Å². The van der Waals surface area contributed by atoms with E-state index in [-0.39, 0.29) is 37.2 Å². The summed E-state index contributed by atoms with van der Waals surface area (Å²) in [5.74, 6) is -7.57. The van der Waals surface area contributed by atoms with Crippen molar-refractivity contribution in [2.45, 2.75) is 44.4 Å². The summed E-state index contributed by atoms with van der Waals surface area (Å²) < 4.78 is 66.0. The van der Waals surface area contributed by atoms with Crippen molar-refractivity contribution in [3.05, 3.63) is 29.3 Å². The highest BCUT2D eigenvalue weighted by Crippen LogP contribution is 2.67. The molecule has 0 bridgehead atoms. The molecule has 3 nitrogen and oxygen atoms in total. The molecule has 138 valence electrons. The van der Waals surface area contributed by atoms with Crippen LogP contribution in [0.5, 0.6) is 5.75 Å². The summed E-state index contributed by atoms with van der Waals surface area (Å²) in [7, 11) is 1.18. The van der Waals surface area contributed by atoms with Gasteiger partial charge in [0.15, 0.2) is 11.6 Å². The number of hydrogen-bond donors (Lipinski definition) is 0. The van der Waals surface area contributed by atoms with Crippen LogP contribution >= 0.6 is 0 Å². The van der Waals surface area contributed by atoms with E-state index in [4.69, 9.17) is 9.47 Å². The fourth-order valence-corrected chi connectivity index (χ4v) is 4.25. The number of carbonyl (C=O) groups excluding carboxylic acids is 1. The lowest BCUT2D eigenvalue weighted by molar-refractivity contribution is -0.201. The first-order chi connectivity index (χ1) is 11.8. The molecule has 2 saturated carbocycles. The fraction of sp³-hybridized carbons (Fsp3) is 0.611. The molecule has 1 aromatic rings. The van der Waals surface area contributed by atoms with E-state index in [0.29, 0.717) is 6.42 Å². The molecule has 0 heterocycles. The van der Waals surface area contributed by atoms with E-state index in [1.807, 2.05) is 0 Å². The van der Waals surface area contributed by atoms with Crippen LogP contribution in [0.1, 0.15) is 44.1 Å². The van der Waals surface area contributed by atoms with Crippen LogP contribution in [0.15, 0.2) is 12.1 Å². The zero-order valence-electron chi connectivity index (χ0n) is 14.1. The number of methoxy groups -OCH3 is 1. The first-order valence-corrected chi connectivity index (χ1v) is 8.32. The standard InChI is InChI=1S/C18H20F4O3/c1-3-25-16(23)12-9-17(6-7-18(17,21)22)8-11(12)10-4-5-13(19)14(20)15(10)24-2/h4-5,11-12H,3,6-9H2,1-2H3/t11-,12+,17+/m0/s1. The molecule has 0 unspecified atom stereocenters. The molecule has 0 aliphatic heterocycles. The smallest absolute Gasteiger partial charge is 0.309 e. The lowest BCUT2D eigenvalue weighted by Crippen LogP contribution is -2.49. The van der Waals surface area contributed by atoms with E-state index in [0.717, 1.165) is 6.07 Å². The van der Waals surface area contributed by atoms with Crippen molar-refractivity contribution in [1.82, 2.24) is 0 Å². The molecule has 0 aromatic heterocycles. The van der Waals surface area contributed by atoms with Crippen LogP contribution in [-0.4, -0.2) is 25.6 Å². The molecule has 25 heavy (non-hydrogen) atoms. The highest BCUT2D eigenvalue weighted by Gasteiger charge is 2.67. The monoisotopic (exact) mass is 360 g/mol. The summed E-state index contributed by atoms with van der Waals surface area (Å²) in [4.78, 5) is 12.3. The van der Waals surface area contributed by atoms with Crippen LogP contribution in [-0.2, 0) is 9.53 Å². The summed E-state index contributed by atoms with van der Waals surface area (Å²) in [6.07, 6.45) is 0.0825. The van der Waals surface area contributed by atoms with Crippen LogP contribution in [0, 0.1) is 23.0 Å². The lowest BCUT2D eigenvalue weighted by Gasteiger charge is -2.47. The third kappa shape index (κ3) is 2.68. The Morgan fingerprint density at radius 3 is 2.48 bits per heavy atom. The minimum atomic E-state index is -2.86. The van der Waals surface area contributed by atoms with Crippen LogP contribution in [0.3, 0.4) is 0 Å². The van der Waals surface area contributed by atoms with Crippen LogP contribution in [0.4, 0.5) is 17.6 Å². The molecule has 0 saturated heterocycles. The molecular weight excluding hydrogens is 340 g/mol. The number of rotatable bonds is 4. The Labute approximate surface area is 143 Å². The maximum atomic E-state index is 14.2. The van der Waals surface area contributed by atoms with Crippen LogP contribution in [0.2, 0.25) is 0 Å². The van der Waals surface area contributed by atoms with Gasteiger partial charge in [-0.3, -0.25) is 4.79 Å². The summed E-state index contributed by atoms with van der Waals surface area (Å²) in [5, 5.41) is 0. The van der Waals surface area contributed by atoms with Gasteiger partial charge in [-0.1, -0.05) is 6.07 Å². The number of benzene rings is 1. The maximum Gasteiger partial charge on any atom is 0.309 e. The molecule has 0 amide bonds. The van der Waals surface area contributed by atoms with E-state index in [2.05, 4.69) is 0 Å². The van der Waals surface area contributed by atoms with Gasteiger partial charge in [-0.25, -0.2) is 13.2 Å². The van der Waals surface area contributed by atoms with Gasteiger partial charge in [-0.05, 0) is 32.3 Å². The molecule has 2 fully saturated rings. The van der Waals surface area contributed by atoms with E-state index in [1.165, 1.54) is 13.2 Å². The molecule has 3 atom stereocenters. The second-order valence-corrected chi connectivity index (χ2v) is 6.84. The molecule has 1 aromatic carbocycles. The largest absolute Gasteiger partial charge is 0.493 e.